The maximum absolute atomic E-state index is 14.7. The van der Waals surface area contributed by atoms with Crippen LogP contribution in [0, 0.1) is 22.6 Å². The summed E-state index contributed by atoms with van der Waals surface area (Å²) in [6.45, 7) is 5.03. The molecule has 2 aromatic rings. The van der Waals surface area contributed by atoms with E-state index in [0.29, 0.717) is 18.3 Å². The highest BCUT2D eigenvalue weighted by atomic mass is 19.1. The lowest BCUT2D eigenvalue weighted by molar-refractivity contribution is 0.223. The van der Waals surface area contributed by atoms with E-state index in [1.54, 1.807) is 12.1 Å². The molecule has 1 aliphatic rings. The molecule has 1 fully saturated rings. The van der Waals surface area contributed by atoms with E-state index >= 15 is 0 Å². The average molecular weight is 520 g/mol. The molecule has 0 radical (unpaired) electrons. The minimum absolute atomic E-state index is 0.114. The van der Waals surface area contributed by atoms with Crippen LogP contribution in [-0.4, -0.2) is 6.61 Å². The molecule has 0 saturated heterocycles. The van der Waals surface area contributed by atoms with Gasteiger partial charge < -0.3 is 4.74 Å². The number of nitrogens with zero attached hydrogens (tertiary/aromatic N) is 1. The lowest BCUT2D eigenvalue weighted by Gasteiger charge is -2.35. The first-order valence-corrected chi connectivity index (χ1v) is 15.5. The number of nitriles is 1. The molecule has 1 saturated carbocycles. The standard InChI is InChI=1S/C35H50FNO/c1-3-5-7-9-10-11-13-23-35(28-37)24-21-31(22-25-35)29-15-17-30(18-16-29)32-19-20-34(33(36)27-32)38-26-14-12-8-6-4-2/h15-20,27,31H,3-14,21-26H2,1-2H3. The van der Waals surface area contributed by atoms with Gasteiger partial charge in [0.05, 0.1) is 18.1 Å². The van der Waals surface area contributed by atoms with Crippen LogP contribution in [0.5, 0.6) is 5.75 Å². The quantitative estimate of drug-likeness (QED) is 0.195. The summed E-state index contributed by atoms with van der Waals surface area (Å²) >= 11 is 0. The van der Waals surface area contributed by atoms with Crippen LogP contribution in [0.25, 0.3) is 11.1 Å². The van der Waals surface area contributed by atoms with Gasteiger partial charge in [0.2, 0.25) is 0 Å². The highest BCUT2D eigenvalue weighted by molar-refractivity contribution is 5.64. The summed E-state index contributed by atoms with van der Waals surface area (Å²) < 4.78 is 20.4. The summed E-state index contributed by atoms with van der Waals surface area (Å²) in [5.41, 5.74) is 3.14. The molecule has 0 N–H and O–H groups in total. The van der Waals surface area contributed by atoms with Gasteiger partial charge in [-0.2, -0.15) is 5.26 Å². The predicted molar refractivity (Wildman–Crippen MR) is 158 cm³/mol. The Morgan fingerprint density at radius 2 is 1.37 bits per heavy atom. The van der Waals surface area contributed by atoms with Gasteiger partial charge in [0.25, 0.3) is 0 Å². The third-order valence-electron chi connectivity index (χ3n) is 8.59. The Kier molecular flexibility index (Phi) is 13.2. The molecule has 38 heavy (non-hydrogen) atoms. The molecule has 208 valence electrons. The fourth-order valence-corrected chi connectivity index (χ4v) is 5.97. The zero-order valence-corrected chi connectivity index (χ0v) is 24.1. The Balaban J connectivity index is 1.46. The van der Waals surface area contributed by atoms with Crippen molar-refractivity contribution >= 4 is 0 Å². The molecular weight excluding hydrogens is 469 g/mol. The molecule has 0 amide bonds. The number of hydrogen-bond acceptors (Lipinski definition) is 2. The molecule has 0 heterocycles. The highest BCUT2D eigenvalue weighted by Gasteiger charge is 2.35. The smallest absolute Gasteiger partial charge is 0.165 e. The van der Waals surface area contributed by atoms with Crippen LogP contribution in [0.3, 0.4) is 0 Å². The fraction of sp³-hybridized carbons (Fsp3) is 0.629. The van der Waals surface area contributed by atoms with Crippen molar-refractivity contribution in [3.8, 4) is 22.9 Å². The Labute approximate surface area is 232 Å². The van der Waals surface area contributed by atoms with Crippen molar-refractivity contribution in [2.24, 2.45) is 5.41 Å². The van der Waals surface area contributed by atoms with Gasteiger partial charge in [-0.25, -0.2) is 4.39 Å². The second-order valence-electron chi connectivity index (χ2n) is 11.6. The average Bonchev–Trinajstić information content (AvgIpc) is 2.95. The van der Waals surface area contributed by atoms with Gasteiger partial charge in [0, 0.05) is 0 Å². The van der Waals surface area contributed by atoms with Crippen molar-refractivity contribution in [3.63, 3.8) is 0 Å². The largest absolute Gasteiger partial charge is 0.491 e. The SMILES string of the molecule is CCCCCCCCCC1(C#N)CCC(c2ccc(-c3ccc(OCCCCCCC)c(F)c3)cc2)CC1. The van der Waals surface area contributed by atoms with Crippen LogP contribution in [0.15, 0.2) is 42.5 Å². The van der Waals surface area contributed by atoms with Gasteiger partial charge in [-0.3, -0.25) is 0 Å². The van der Waals surface area contributed by atoms with E-state index in [2.05, 4.69) is 44.2 Å². The summed E-state index contributed by atoms with van der Waals surface area (Å²) in [6, 6.07) is 16.7. The molecule has 2 nitrogen and oxygen atoms in total. The summed E-state index contributed by atoms with van der Waals surface area (Å²) in [4.78, 5) is 0. The first-order valence-electron chi connectivity index (χ1n) is 15.5. The lowest BCUT2D eigenvalue weighted by atomic mass is 9.67. The summed E-state index contributed by atoms with van der Waals surface area (Å²) in [5.74, 6) is 0.575. The Morgan fingerprint density at radius 3 is 1.97 bits per heavy atom. The van der Waals surface area contributed by atoms with Crippen molar-refractivity contribution in [1.29, 1.82) is 5.26 Å². The van der Waals surface area contributed by atoms with E-state index in [1.165, 1.54) is 69.8 Å². The van der Waals surface area contributed by atoms with Gasteiger partial charge in [-0.05, 0) is 73.3 Å². The van der Waals surface area contributed by atoms with Crippen LogP contribution < -0.4 is 4.74 Å². The molecule has 0 spiro atoms. The van der Waals surface area contributed by atoms with Gasteiger partial charge in [0.15, 0.2) is 11.6 Å². The highest BCUT2D eigenvalue weighted by Crippen LogP contribution is 2.46. The Morgan fingerprint density at radius 1 is 0.789 bits per heavy atom. The maximum atomic E-state index is 14.7. The van der Waals surface area contributed by atoms with Gasteiger partial charge >= 0.3 is 0 Å². The van der Waals surface area contributed by atoms with Gasteiger partial charge in [-0.1, -0.05) is 115 Å². The Hall–Kier alpha value is -2.34. The minimum Gasteiger partial charge on any atom is -0.491 e. The molecule has 1 aliphatic carbocycles. The number of unbranched alkanes of at least 4 members (excludes halogenated alkanes) is 10. The Bertz CT molecular complexity index is 968. The van der Waals surface area contributed by atoms with Crippen LogP contribution in [0.1, 0.15) is 134 Å². The van der Waals surface area contributed by atoms with Gasteiger partial charge in [-0.15, -0.1) is 0 Å². The molecule has 3 rings (SSSR count). The third kappa shape index (κ3) is 9.44. The fourth-order valence-electron chi connectivity index (χ4n) is 5.97. The van der Waals surface area contributed by atoms with E-state index < -0.39 is 0 Å². The lowest BCUT2D eigenvalue weighted by Crippen LogP contribution is -2.25. The molecule has 0 aromatic heterocycles. The van der Waals surface area contributed by atoms with Crippen molar-refractivity contribution in [1.82, 2.24) is 0 Å². The monoisotopic (exact) mass is 519 g/mol. The first kappa shape index (κ1) is 30.2. The minimum atomic E-state index is -0.291. The predicted octanol–water partition coefficient (Wildman–Crippen LogP) is 11.2. The normalized spacial score (nSPS) is 19.3. The van der Waals surface area contributed by atoms with E-state index in [9.17, 15) is 9.65 Å². The number of hydrogen-bond donors (Lipinski definition) is 0. The van der Waals surface area contributed by atoms with Crippen molar-refractivity contribution < 1.29 is 9.13 Å². The first-order chi connectivity index (χ1) is 18.6. The number of benzene rings is 2. The molecule has 0 aliphatic heterocycles. The molecule has 0 atom stereocenters. The van der Waals surface area contributed by atoms with Crippen LogP contribution in [0.4, 0.5) is 4.39 Å². The third-order valence-corrected chi connectivity index (χ3v) is 8.59. The van der Waals surface area contributed by atoms with E-state index in [4.69, 9.17) is 4.74 Å². The summed E-state index contributed by atoms with van der Waals surface area (Å²) in [7, 11) is 0. The molecule has 3 heteroatoms. The van der Waals surface area contributed by atoms with Gasteiger partial charge in [0.1, 0.15) is 0 Å². The number of rotatable bonds is 17. The maximum Gasteiger partial charge on any atom is 0.165 e. The molecular formula is C35H50FNO. The number of halogens is 1. The van der Waals surface area contributed by atoms with Crippen LogP contribution in [-0.2, 0) is 0 Å². The molecule has 2 aromatic carbocycles. The zero-order chi connectivity index (χ0) is 27.1. The number of ether oxygens (including phenoxy) is 1. The van der Waals surface area contributed by atoms with E-state index in [0.717, 1.165) is 56.1 Å². The second kappa shape index (κ2) is 16.6. The summed E-state index contributed by atoms with van der Waals surface area (Å²) in [6.07, 6.45) is 20.2. The topological polar surface area (TPSA) is 33.0 Å². The van der Waals surface area contributed by atoms with E-state index in [-0.39, 0.29) is 11.2 Å². The van der Waals surface area contributed by atoms with Crippen LogP contribution >= 0.6 is 0 Å². The van der Waals surface area contributed by atoms with E-state index in [1.807, 2.05) is 6.07 Å². The molecule has 0 bridgehead atoms. The van der Waals surface area contributed by atoms with Crippen LogP contribution in [0.2, 0.25) is 0 Å². The van der Waals surface area contributed by atoms with Crippen molar-refractivity contribution in [3.05, 3.63) is 53.8 Å². The van der Waals surface area contributed by atoms with Crippen molar-refractivity contribution in [2.45, 2.75) is 129 Å². The molecule has 0 unspecified atom stereocenters. The zero-order valence-electron chi connectivity index (χ0n) is 24.1. The van der Waals surface area contributed by atoms with Crippen molar-refractivity contribution in [2.75, 3.05) is 6.61 Å². The summed E-state index contributed by atoms with van der Waals surface area (Å²) in [5, 5.41) is 9.98. The second-order valence-corrected chi connectivity index (χ2v) is 11.6.